The molecule has 0 fully saturated rings. The normalized spacial score (nSPS) is 16.6. The van der Waals surface area contributed by atoms with E-state index in [1.807, 2.05) is 6.07 Å². The zero-order chi connectivity index (χ0) is 15.9. The van der Waals surface area contributed by atoms with Crippen LogP contribution < -0.4 is 9.47 Å². The van der Waals surface area contributed by atoms with Crippen LogP contribution >= 0.6 is 11.6 Å². The van der Waals surface area contributed by atoms with E-state index in [1.165, 1.54) is 7.11 Å². The van der Waals surface area contributed by atoms with Crippen LogP contribution in [0.15, 0.2) is 42.7 Å². The maximum Gasteiger partial charge on any atom is 0.343 e. The summed E-state index contributed by atoms with van der Waals surface area (Å²) in [6, 6.07) is 8.17. The predicted molar refractivity (Wildman–Crippen MR) is 81.0 cm³/mol. The van der Waals surface area contributed by atoms with Gasteiger partial charge in [0.25, 0.3) is 6.04 Å². The van der Waals surface area contributed by atoms with E-state index in [9.17, 15) is 9.59 Å². The lowest BCUT2D eigenvalue weighted by Crippen LogP contribution is -2.45. The maximum absolute atomic E-state index is 12.6. The van der Waals surface area contributed by atoms with Crippen LogP contribution in [-0.2, 0) is 9.53 Å². The average Bonchev–Trinajstić information content (AvgIpc) is 2.77. The second-order valence-electron chi connectivity index (χ2n) is 5.03. The van der Waals surface area contributed by atoms with E-state index in [4.69, 9.17) is 16.3 Å². The minimum absolute atomic E-state index is 0.0794. The van der Waals surface area contributed by atoms with Gasteiger partial charge in [-0.3, -0.25) is 4.79 Å². The molecule has 6 heteroatoms. The zero-order valence-corrected chi connectivity index (χ0v) is 12.9. The minimum atomic E-state index is -0.539. The van der Waals surface area contributed by atoms with Crippen molar-refractivity contribution in [3.8, 4) is 0 Å². The number of rotatable bonds is 2. The molecule has 1 aromatic carbocycles. The first-order valence-electron chi connectivity index (χ1n) is 6.69. The van der Waals surface area contributed by atoms with E-state index < -0.39 is 12.0 Å². The lowest BCUT2D eigenvalue weighted by molar-refractivity contribution is -0.699. The average molecular weight is 318 g/mol. The molecule has 0 bridgehead atoms. The molecule has 2 aromatic rings. The van der Waals surface area contributed by atoms with Gasteiger partial charge in [0, 0.05) is 18.1 Å². The molecule has 1 amide bonds. The molecule has 1 unspecified atom stereocenters. The van der Waals surface area contributed by atoms with Gasteiger partial charge in [-0.15, -0.1) is 0 Å². The van der Waals surface area contributed by atoms with Crippen LogP contribution in [-0.4, -0.2) is 26.0 Å². The maximum atomic E-state index is 12.6. The van der Waals surface area contributed by atoms with Crippen LogP contribution in [0.3, 0.4) is 0 Å². The number of nitrogens with zero attached hydrogens (tertiary/aromatic N) is 2. The topological polar surface area (TPSA) is 50.5 Å². The number of hydrogen-bond donors (Lipinski definition) is 0. The molecule has 1 aliphatic heterocycles. The molecular formula is C16H14ClN2O3+. The molecule has 0 radical (unpaired) electrons. The molecule has 22 heavy (non-hydrogen) atoms. The predicted octanol–water partition coefficient (Wildman–Crippen LogP) is 1.98. The quantitative estimate of drug-likeness (QED) is 0.628. The fourth-order valence-corrected chi connectivity index (χ4v) is 2.85. The number of hydrogen-bond acceptors (Lipinski definition) is 3. The number of fused-ring (bicyclic) bond motifs is 1. The standard InChI is InChI=1S/C16H14ClN2O3/c1-18-13-6-5-11(17)8-12(13)14(15(18)20)19-7-3-4-10(9-19)16(21)22-2/h3-9,14H,1-2H3/q+1. The van der Waals surface area contributed by atoms with Crippen molar-refractivity contribution in [2.75, 3.05) is 19.1 Å². The van der Waals surface area contributed by atoms with Crippen molar-refractivity contribution in [2.45, 2.75) is 6.04 Å². The van der Waals surface area contributed by atoms with Crippen molar-refractivity contribution in [1.29, 1.82) is 0 Å². The van der Waals surface area contributed by atoms with Crippen LogP contribution in [0.4, 0.5) is 5.69 Å². The van der Waals surface area contributed by atoms with Crippen LogP contribution in [0.1, 0.15) is 22.0 Å². The van der Waals surface area contributed by atoms with Gasteiger partial charge in [-0.2, -0.15) is 4.57 Å². The first kappa shape index (κ1) is 14.5. The van der Waals surface area contributed by atoms with E-state index in [2.05, 4.69) is 0 Å². The number of pyridine rings is 1. The van der Waals surface area contributed by atoms with E-state index in [0.717, 1.165) is 11.3 Å². The summed E-state index contributed by atoms with van der Waals surface area (Å²) in [5.74, 6) is -0.524. The van der Waals surface area contributed by atoms with Crippen molar-refractivity contribution in [2.24, 2.45) is 0 Å². The highest BCUT2D eigenvalue weighted by atomic mass is 35.5. The van der Waals surface area contributed by atoms with Crippen molar-refractivity contribution < 1.29 is 18.9 Å². The molecule has 1 aliphatic rings. The first-order valence-corrected chi connectivity index (χ1v) is 7.07. The van der Waals surface area contributed by atoms with Gasteiger partial charge in [0.2, 0.25) is 0 Å². The Bertz CT molecular complexity index is 776. The number of carbonyl (C=O) groups excluding carboxylic acids is 2. The SMILES string of the molecule is COC(=O)c1ccc[n+](C2C(=O)N(C)c3ccc(Cl)cc32)c1. The van der Waals surface area contributed by atoms with Gasteiger partial charge in [-0.05, 0) is 24.3 Å². The summed E-state index contributed by atoms with van der Waals surface area (Å²) in [6.07, 6.45) is 3.36. The van der Waals surface area contributed by atoms with E-state index in [1.54, 1.807) is 53.2 Å². The summed E-state index contributed by atoms with van der Waals surface area (Å²) >= 11 is 6.06. The smallest absolute Gasteiger partial charge is 0.343 e. The van der Waals surface area contributed by atoms with E-state index in [0.29, 0.717) is 10.6 Å². The molecule has 0 N–H and O–H groups in total. The second kappa shape index (κ2) is 5.42. The Labute approximate surface area is 132 Å². The lowest BCUT2D eigenvalue weighted by atomic mass is 10.1. The zero-order valence-electron chi connectivity index (χ0n) is 12.1. The summed E-state index contributed by atoms with van der Waals surface area (Å²) in [5.41, 5.74) is 2.01. The van der Waals surface area contributed by atoms with Gasteiger partial charge >= 0.3 is 11.9 Å². The number of likely N-dealkylation sites (N-methyl/N-ethyl adjacent to an activating group) is 1. The summed E-state index contributed by atoms with van der Waals surface area (Å²) in [6.45, 7) is 0. The number of halogens is 1. The van der Waals surface area contributed by atoms with Gasteiger partial charge in [0.15, 0.2) is 12.4 Å². The Morgan fingerprint density at radius 2 is 2.14 bits per heavy atom. The van der Waals surface area contributed by atoms with Gasteiger partial charge in [-0.25, -0.2) is 4.79 Å². The van der Waals surface area contributed by atoms with Gasteiger partial charge in [0.1, 0.15) is 5.56 Å². The van der Waals surface area contributed by atoms with E-state index >= 15 is 0 Å². The molecular weight excluding hydrogens is 304 g/mol. The van der Waals surface area contributed by atoms with Crippen molar-refractivity contribution in [3.63, 3.8) is 0 Å². The molecule has 2 heterocycles. The summed E-state index contributed by atoms with van der Waals surface area (Å²) in [7, 11) is 3.04. The van der Waals surface area contributed by atoms with Gasteiger partial charge < -0.3 is 9.64 Å². The highest BCUT2D eigenvalue weighted by Crippen LogP contribution is 2.36. The molecule has 1 atom stereocenters. The summed E-state index contributed by atoms with van der Waals surface area (Å²) < 4.78 is 6.42. The van der Waals surface area contributed by atoms with Crippen LogP contribution in [0.25, 0.3) is 0 Å². The molecule has 5 nitrogen and oxygen atoms in total. The number of esters is 1. The number of aromatic nitrogens is 1. The number of ether oxygens (including phenoxy) is 1. The Hall–Kier alpha value is -2.40. The molecule has 112 valence electrons. The summed E-state index contributed by atoms with van der Waals surface area (Å²) in [5, 5.41) is 0.566. The first-order chi connectivity index (χ1) is 10.5. The Morgan fingerprint density at radius 3 is 2.86 bits per heavy atom. The van der Waals surface area contributed by atoms with Crippen molar-refractivity contribution >= 4 is 29.2 Å². The Balaban J connectivity index is 2.11. The second-order valence-corrected chi connectivity index (χ2v) is 5.47. The Morgan fingerprint density at radius 1 is 1.36 bits per heavy atom. The number of benzene rings is 1. The molecule has 0 saturated carbocycles. The molecule has 3 rings (SSSR count). The number of carbonyl (C=O) groups is 2. The molecule has 1 aromatic heterocycles. The Kier molecular flexibility index (Phi) is 3.58. The number of anilines is 1. The lowest BCUT2D eigenvalue weighted by Gasteiger charge is -2.08. The third-order valence-corrected chi connectivity index (χ3v) is 3.99. The molecule has 0 saturated heterocycles. The fourth-order valence-electron chi connectivity index (χ4n) is 2.67. The highest BCUT2D eigenvalue weighted by Gasteiger charge is 2.42. The largest absolute Gasteiger partial charge is 0.465 e. The van der Waals surface area contributed by atoms with E-state index in [-0.39, 0.29) is 5.91 Å². The van der Waals surface area contributed by atoms with Crippen molar-refractivity contribution in [3.05, 3.63) is 58.9 Å². The number of amides is 1. The third-order valence-electron chi connectivity index (χ3n) is 3.75. The highest BCUT2D eigenvalue weighted by molar-refractivity contribution is 6.31. The molecule has 0 aliphatic carbocycles. The van der Waals surface area contributed by atoms with Crippen LogP contribution in [0.5, 0.6) is 0 Å². The number of methoxy groups -OCH3 is 1. The third kappa shape index (κ3) is 2.23. The monoisotopic (exact) mass is 317 g/mol. The minimum Gasteiger partial charge on any atom is -0.465 e. The van der Waals surface area contributed by atoms with Crippen molar-refractivity contribution in [1.82, 2.24) is 0 Å². The molecule has 0 spiro atoms. The fraction of sp³-hybridized carbons (Fsp3) is 0.188. The van der Waals surface area contributed by atoms with Gasteiger partial charge in [-0.1, -0.05) is 11.6 Å². The van der Waals surface area contributed by atoms with Gasteiger partial charge in [0.05, 0.1) is 18.4 Å². The van der Waals surface area contributed by atoms with Crippen LogP contribution in [0.2, 0.25) is 5.02 Å². The summed E-state index contributed by atoms with van der Waals surface area (Å²) in [4.78, 5) is 25.8. The van der Waals surface area contributed by atoms with Crippen LogP contribution in [0, 0.1) is 0 Å².